The highest BCUT2D eigenvalue weighted by atomic mass is 16.5. The maximum Gasteiger partial charge on any atom is 0.122 e. The van der Waals surface area contributed by atoms with Crippen LogP contribution < -0.4 is 19.5 Å². The van der Waals surface area contributed by atoms with Crippen LogP contribution in [0.15, 0.2) is 72.8 Å². The van der Waals surface area contributed by atoms with Crippen molar-refractivity contribution in [2.45, 2.75) is 45.3 Å². The van der Waals surface area contributed by atoms with Crippen LogP contribution in [0.25, 0.3) is 0 Å². The molecule has 3 aromatic rings. The summed E-state index contributed by atoms with van der Waals surface area (Å²) >= 11 is 0. The molecule has 0 spiro atoms. The molecule has 0 aliphatic heterocycles. The number of ether oxygens (including phenoxy) is 3. The normalized spacial score (nSPS) is 12.9. The molecule has 3 aromatic carbocycles. The van der Waals surface area contributed by atoms with E-state index in [0.717, 1.165) is 30.2 Å². The van der Waals surface area contributed by atoms with Gasteiger partial charge in [-0.15, -0.1) is 0 Å². The van der Waals surface area contributed by atoms with E-state index in [2.05, 4.69) is 60.8 Å². The van der Waals surface area contributed by atoms with Crippen LogP contribution in [0.1, 0.15) is 55.8 Å². The first kappa shape index (κ1) is 23.7. The standard InChI is InChI=1S/C28H35NO3/c1-20(2)32-25-16-12-23(13-17-25)26(27-8-6-7-9-28(27)31-5)18-19-29-21(3)22-10-14-24(30-4)15-11-22/h6-17,20-21,26,29H,18-19H2,1-5H3/p+1/t21-,26-/m0/s1. The molecule has 0 unspecified atom stereocenters. The maximum atomic E-state index is 5.84. The summed E-state index contributed by atoms with van der Waals surface area (Å²) < 4.78 is 16.8. The van der Waals surface area contributed by atoms with Crippen molar-refractivity contribution in [3.63, 3.8) is 0 Å². The summed E-state index contributed by atoms with van der Waals surface area (Å²) in [6.45, 7) is 7.34. The van der Waals surface area contributed by atoms with E-state index in [4.69, 9.17) is 14.2 Å². The van der Waals surface area contributed by atoms with Gasteiger partial charge in [0.25, 0.3) is 0 Å². The molecule has 0 aliphatic carbocycles. The Morgan fingerprint density at radius 1 is 0.719 bits per heavy atom. The third-order valence-corrected chi connectivity index (χ3v) is 5.79. The second-order valence-corrected chi connectivity index (χ2v) is 8.41. The van der Waals surface area contributed by atoms with Gasteiger partial charge in [-0.2, -0.15) is 0 Å². The van der Waals surface area contributed by atoms with Crippen LogP contribution in [0, 0.1) is 0 Å². The van der Waals surface area contributed by atoms with Crippen molar-refractivity contribution in [1.29, 1.82) is 0 Å². The molecule has 4 heteroatoms. The van der Waals surface area contributed by atoms with Gasteiger partial charge in [0.2, 0.25) is 0 Å². The summed E-state index contributed by atoms with van der Waals surface area (Å²) in [5.74, 6) is 2.98. The van der Waals surface area contributed by atoms with Gasteiger partial charge in [0.05, 0.1) is 26.9 Å². The number of hydrogen-bond donors (Lipinski definition) is 1. The van der Waals surface area contributed by atoms with Crippen LogP contribution in [0.2, 0.25) is 0 Å². The molecule has 0 amide bonds. The van der Waals surface area contributed by atoms with Gasteiger partial charge in [0.15, 0.2) is 0 Å². The average Bonchev–Trinajstić information content (AvgIpc) is 2.82. The van der Waals surface area contributed by atoms with Crippen molar-refractivity contribution >= 4 is 0 Å². The van der Waals surface area contributed by atoms with Crippen LogP contribution in [-0.2, 0) is 0 Å². The van der Waals surface area contributed by atoms with Crippen molar-refractivity contribution in [2.75, 3.05) is 20.8 Å². The predicted molar refractivity (Wildman–Crippen MR) is 130 cm³/mol. The fourth-order valence-corrected chi connectivity index (χ4v) is 4.06. The zero-order chi connectivity index (χ0) is 22.9. The lowest BCUT2D eigenvalue weighted by atomic mass is 9.87. The Labute approximate surface area is 192 Å². The quantitative estimate of drug-likeness (QED) is 0.443. The molecular weight excluding hydrogens is 398 g/mol. The fourth-order valence-electron chi connectivity index (χ4n) is 4.06. The van der Waals surface area contributed by atoms with E-state index >= 15 is 0 Å². The number of quaternary nitrogens is 1. The number of hydrogen-bond acceptors (Lipinski definition) is 3. The van der Waals surface area contributed by atoms with E-state index in [1.54, 1.807) is 14.2 Å². The largest absolute Gasteiger partial charge is 0.497 e. The first-order valence-electron chi connectivity index (χ1n) is 11.4. The Hall–Kier alpha value is -2.98. The lowest BCUT2D eigenvalue weighted by Gasteiger charge is -2.21. The van der Waals surface area contributed by atoms with Crippen LogP contribution >= 0.6 is 0 Å². The maximum absolute atomic E-state index is 5.84. The summed E-state index contributed by atoms with van der Waals surface area (Å²) in [5, 5.41) is 2.40. The Morgan fingerprint density at radius 3 is 1.97 bits per heavy atom. The lowest BCUT2D eigenvalue weighted by molar-refractivity contribution is -0.693. The van der Waals surface area contributed by atoms with E-state index in [9.17, 15) is 0 Å². The van der Waals surface area contributed by atoms with E-state index in [1.807, 2.05) is 38.1 Å². The van der Waals surface area contributed by atoms with Gasteiger partial charge in [-0.05, 0) is 68.8 Å². The molecule has 0 bridgehead atoms. The highest BCUT2D eigenvalue weighted by molar-refractivity contribution is 5.43. The Kier molecular flexibility index (Phi) is 8.57. The van der Waals surface area contributed by atoms with Gasteiger partial charge in [-0.1, -0.05) is 30.3 Å². The van der Waals surface area contributed by atoms with Gasteiger partial charge >= 0.3 is 0 Å². The number of nitrogens with two attached hydrogens (primary N) is 1. The zero-order valence-corrected chi connectivity index (χ0v) is 19.9. The highest BCUT2D eigenvalue weighted by Gasteiger charge is 2.20. The number of benzene rings is 3. The molecule has 0 aliphatic rings. The van der Waals surface area contributed by atoms with Gasteiger partial charge < -0.3 is 19.5 Å². The first-order valence-corrected chi connectivity index (χ1v) is 11.4. The van der Waals surface area contributed by atoms with Crippen molar-refractivity contribution in [3.8, 4) is 17.2 Å². The fraction of sp³-hybridized carbons (Fsp3) is 0.357. The Balaban J connectivity index is 1.75. The van der Waals surface area contributed by atoms with Gasteiger partial charge in [-0.3, -0.25) is 0 Å². The minimum Gasteiger partial charge on any atom is -0.497 e. The Bertz CT molecular complexity index is 951. The van der Waals surface area contributed by atoms with Crippen molar-refractivity contribution < 1.29 is 19.5 Å². The summed E-state index contributed by atoms with van der Waals surface area (Å²) in [6, 6.07) is 25.6. The topological polar surface area (TPSA) is 44.3 Å². The van der Waals surface area contributed by atoms with E-state index in [0.29, 0.717) is 6.04 Å². The molecular formula is C28H36NO3+. The summed E-state index contributed by atoms with van der Waals surface area (Å²) in [6.07, 6.45) is 1.17. The predicted octanol–water partition coefficient (Wildman–Crippen LogP) is 5.34. The van der Waals surface area contributed by atoms with Crippen LogP contribution in [0.5, 0.6) is 17.2 Å². The minimum absolute atomic E-state index is 0.167. The minimum atomic E-state index is 0.167. The summed E-state index contributed by atoms with van der Waals surface area (Å²) in [4.78, 5) is 0. The van der Waals surface area contributed by atoms with Crippen molar-refractivity contribution in [1.82, 2.24) is 0 Å². The molecule has 0 radical (unpaired) electrons. The van der Waals surface area contributed by atoms with Gasteiger partial charge in [0.1, 0.15) is 23.3 Å². The molecule has 4 nitrogen and oxygen atoms in total. The first-order chi connectivity index (χ1) is 15.5. The second kappa shape index (κ2) is 11.6. The monoisotopic (exact) mass is 434 g/mol. The molecule has 0 fully saturated rings. The molecule has 2 N–H and O–H groups in total. The average molecular weight is 435 g/mol. The van der Waals surface area contributed by atoms with E-state index in [-0.39, 0.29) is 12.0 Å². The Morgan fingerprint density at radius 2 is 1.34 bits per heavy atom. The van der Waals surface area contributed by atoms with Crippen molar-refractivity contribution in [2.24, 2.45) is 0 Å². The zero-order valence-electron chi connectivity index (χ0n) is 19.9. The van der Waals surface area contributed by atoms with E-state index < -0.39 is 0 Å². The lowest BCUT2D eigenvalue weighted by Crippen LogP contribution is -2.84. The number of para-hydroxylation sites is 1. The molecule has 3 rings (SSSR count). The molecule has 0 heterocycles. The molecule has 2 atom stereocenters. The van der Waals surface area contributed by atoms with Crippen molar-refractivity contribution in [3.05, 3.63) is 89.5 Å². The molecule has 0 aromatic heterocycles. The molecule has 170 valence electrons. The van der Waals surface area contributed by atoms with Crippen LogP contribution in [-0.4, -0.2) is 26.9 Å². The van der Waals surface area contributed by atoms with Crippen LogP contribution in [0.3, 0.4) is 0 Å². The molecule has 0 saturated heterocycles. The van der Waals surface area contributed by atoms with Crippen LogP contribution in [0.4, 0.5) is 0 Å². The van der Waals surface area contributed by atoms with Gasteiger partial charge in [-0.25, -0.2) is 0 Å². The summed E-state index contributed by atoms with van der Waals surface area (Å²) in [5.41, 5.74) is 3.80. The number of rotatable bonds is 11. The SMILES string of the molecule is COc1ccc([C@H](C)[NH2+]CC[C@@H](c2ccc(OC(C)C)cc2)c2ccccc2OC)cc1. The molecule has 32 heavy (non-hydrogen) atoms. The third-order valence-electron chi connectivity index (χ3n) is 5.79. The highest BCUT2D eigenvalue weighted by Crippen LogP contribution is 2.34. The van der Waals surface area contributed by atoms with E-state index in [1.165, 1.54) is 16.7 Å². The summed E-state index contributed by atoms with van der Waals surface area (Å²) in [7, 11) is 3.44. The third kappa shape index (κ3) is 6.27. The number of methoxy groups -OCH3 is 2. The second-order valence-electron chi connectivity index (χ2n) is 8.41. The molecule has 0 saturated carbocycles. The van der Waals surface area contributed by atoms with Gasteiger partial charge in [0, 0.05) is 23.5 Å². The smallest absolute Gasteiger partial charge is 0.122 e.